The van der Waals surface area contributed by atoms with Gasteiger partial charge in [0, 0.05) is 0 Å². The van der Waals surface area contributed by atoms with Gasteiger partial charge in [-0.15, -0.1) is 0 Å². The predicted molar refractivity (Wildman–Crippen MR) is 40.8 cm³/mol. The van der Waals surface area contributed by atoms with Gasteiger partial charge in [0.1, 0.15) is 12.6 Å². The summed E-state index contributed by atoms with van der Waals surface area (Å²) in [5.41, 5.74) is 7.39. The van der Waals surface area contributed by atoms with Gasteiger partial charge in [0.25, 0.3) is 11.8 Å². The molecule has 1 fully saturated rings. The lowest BCUT2D eigenvalue weighted by atomic mass is 10.3. The van der Waals surface area contributed by atoms with Crippen LogP contribution >= 0.6 is 0 Å². The molecular weight excluding hydrogens is 178 g/mol. The van der Waals surface area contributed by atoms with Gasteiger partial charge in [0.2, 0.25) is 0 Å². The molecule has 1 aliphatic heterocycles. The zero-order valence-electron chi connectivity index (χ0n) is 7.15. The van der Waals surface area contributed by atoms with E-state index in [-0.39, 0.29) is 13.2 Å². The Labute approximate surface area is 74.7 Å². The van der Waals surface area contributed by atoms with E-state index in [1.807, 2.05) is 0 Å². The van der Waals surface area contributed by atoms with Crippen molar-refractivity contribution in [3.63, 3.8) is 0 Å². The quantitative estimate of drug-likeness (QED) is 0.490. The number of hydroxylamine groups is 3. The number of amides is 2. The van der Waals surface area contributed by atoms with Crippen LogP contribution in [0.5, 0.6) is 0 Å². The van der Waals surface area contributed by atoms with Crippen LogP contribution in [0.2, 0.25) is 0 Å². The van der Waals surface area contributed by atoms with Crippen LogP contribution in [0.3, 0.4) is 0 Å². The zero-order valence-corrected chi connectivity index (χ0v) is 7.15. The Morgan fingerprint density at radius 1 is 1.92 bits per heavy atom. The first-order valence-corrected chi connectivity index (χ1v) is 3.67. The van der Waals surface area contributed by atoms with Gasteiger partial charge in [-0.3, -0.25) is 19.3 Å². The van der Waals surface area contributed by atoms with Crippen molar-refractivity contribution in [3.05, 3.63) is 0 Å². The largest absolute Gasteiger partial charge is 0.318 e. The van der Waals surface area contributed by atoms with Gasteiger partial charge in [-0.05, 0) is 0 Å². The molecule has 0 saturated carbocycles. The summed E-state index contributed by atoms with van der Waals surface area (Å²) in [6.07, 6.45) is 0. The first-order valence-electron chi connectivity index (χ1n) is 3.67. The molecule has 0 bridgehead atoms. The summed E-state index contributed by atoms with van der Waals surface area (Å²) in [5.74, 6) is -0.865. The van der Waals surface area contributed by atoms with E-state index < -0.39 is 17.9 Å². The fourth-order valence-electron chi connectivity index (χ4n) is 0.890. The summed E-state index contributed by atoms with van der Waals surface area (Å²) < 4.78 is 0. The Morgan fingerprint density at radius 3 is 3.08 bits per heavy atom. The lowest BCUT2D eigenvalue weighted by molar-refractivity contribution is -0.168. The molecule has 7 nitrogen and oxygen atoms in total. The summed E-state index contributed by atoms with van der Waals surface area (Å²) >= 11 is 0. The topological polar surface area (TPSA) is 93.9 Å². The maximum Gasteiger partial charge on any atom is 0.265 e. The lowest BCUT2D eigenvalue weighted by Crippen LogP contribution is -2.40. The van der Waals surface area contributed by atoms with Gasteiger partial charge in [0.15, 0.2) is 0 Å². The van der Waals surface area contributed by atoms with Crippen LogP contribution in [0.15, 0.2) is 0 Å². The van der Waals surface area contributed by atoms with E-state index in [0.717, 1.165) is 5.06 Å². The van der Waals surface area contributed by atoms with E-state index >= 15 is 0 Å². The number of carbonyl (C=O) groups excluding carboxylic acids is 2. The van der Waals surface area contributed by atoms with Crippen LogP contribution in [-0.2, 0) is 19.3 Å². The Morgan fingerprint density at radius 2 is 2.62 bits per heavy atom. The summed E-state index contributed by atoms with van der Waals surface area (Å²) in [5, 5.41) is 0.916. The van der Waals surface area contributed by atoms with Crippen LogP contribution in [0.4, 0.5) is 0 Å². The van der Waals surface area contributed by atoms with Crippen molar-refractivity contribution in [1.82, 2.24) is 10.5 Å². The van der Waals surface area contributed by atoms with Gasteiger partial charge in [-0.2, -0.15) is 0 Å². The molecule has 0 aromatic carbocycles. The highest BCUT2D eigenvalue weighted by atomic mass is 16.7. The third kappa shape index (κ3) is 2.38. The van der Waals surface area contributed by atoms with E-state index in [1.165, 1.54) is 7.11 Å². The van der Waals surface area contributed by atoms with Crippen molar-refractivity contribution in [3.8, 4) is 0 Å². The number of hydrogen-bond donors (Lipinski definition) is 2. The maximum atomic E-state index is 11.1. The zero-order chi connectivity index (χ0) is 9.84. The van der Waals surface area contributed by atoms with E-state index in [4.69, 9.17) is 10.6 Å². The molecule has 0 aromatic rings. The van der Waals surface area contributed by atoms with E-state index in [9.17, 15) is 9.59 Å². The second-order valence-corrected chi connectivity index (χ2v) is 2.51. The maximum absolute atomic E-state index is 11.1. The van der Waals surface area contributed by atoms with Crippen molar-refractivity contribution in [2.24, 2.45) is 5.73 Å². The summed E-state index contributed by atoms with van der Waals surface area (Å²) in [6.45, 7) is -0.0977. The van der Waals surface area contributed by atoms with Gasteiger partial charge in [-0.25, -0.2) is 10.5 Å². The third-order valence-electron chi connectivity index (χ3n) is 1.48. The molecule has 2 amide bonds. The minimum Gasteiger partial charge on any atom is -0.318 e. The predicted octanol–water partition coefficient (Wildman–Crippen LogP) is -2.23. The highest BCUT2D eigenvalue weighted by molar-refractivity contribution is 5.87. The molecule has 1 atom stereocenters. The van der Waals surface area contributed by atoms with Crippen LogP contribution in [0.25, 0.3) is 0 Å². The number of carbonyl (C=O) groups is 2. The second kappa shape index (κ2) is 4.17. The number of nitrogens with two attached hydrogens (primary N) is 1. The fourth-order valence-corrected chi connectivity index (χ4v) is 0.890. The molecule has 3 N–H and O–H groups in total. The minimum atomic E-state index is -0.671. The summed E-state index contributed by atoms with van der Waals surface area (Å²) in [6, 6.07) is -0.671. The van der Waals surface area contributed by atoms with Crippen molar-refractivity contribution in [2.45, 2.75) is 6.04 Å². The molecule has 0 spiro atoms. The standard InChI is InChI=1S/C6H11N3O4/c1-12-8-5(10)2-9-6(11)4(7)3-13-9/h4H,2-3,7H2,1H3,(H,8,10)/t4-/m1/s1. The van der Waals surface area contributed by atoms with Gasteiger partial charge in [-0.1, -0.05) is 0 Å². The normalized spacial score (nSPS) is 22.2. The molecule has 7 heteroatoms. The molecule has 0 unspecified atom stereocenters. The van der Waals surface area contributed by atoms with Crippen LogP contribution in [0, 0.1) is 0 Å². The lowest BCUT2D eigenvalue weighted by Gasteiger charge is -2.12. The number of rotatable bonds is 3. The van der Waals surface area contributed by atoms with Crippen LogP contribution in [-0.4, -0.2) is 43.2 Å². The second-order valence-electron chi connectivity index (χ2n) is 2.51. The number of nitrogens with zero attached hydrogens (tertiary/aromatic N) is 1. The van der Waals surface area contributed by atoms with Crippen LogP contribution in [0.1, 0.15) is 0 Å². The van der Waals surface area contributed by atoms with E-state index in [1.54, 1.807) is 0 Å². The molecule has 0 aromatic heterocycles. The van der Waals surface area contributed by atoms with Crippen molar-refractivity contribution >= 4 is 11.8 Å². The Bertz CT molecular complexity index is 220. The van der Waals surface area contributed by atoms with Gasteiger partial charge < -0.3 is 5.73 Å². The first kappa shape index (κ1) is 9.90. The molecule has 1 heterocycles. The Balaban J connectivity index is 2.38. The Hall–Kier alpha value is -1.18. The minimum absolute atomic E-state index is 0.110. The molecule has 13 heavy (non-hydrogen) atoms. The highest BCUT2D eigenvalue weighted by Gasteiger charge is 2.31. The first-order chi connectivity index (χ1) is 6.15. The molecule has 74 valence electrons. The van der Waals surface area contributed by atoms with Gasteiger partial charge >= 0.3 is 0 Å². The number of hydrogen-bond acceptors (Lipinski definition) is 5. The Kier molecular flexibility index (Phi) is 3.18. The average Bonchev–Trinajstić information content (AvgIpc) is 2.37. The molecule has 0 aliphatic carbocycles. The summed E-state index contributed by atoms with van der Waals surface area (Å²) in [4.78, 5) is 31.2. The fraction of sp³-hybridized carbons (Fsp3) is 0.667. The monoisotopic (exact) mass is 189 g/mol. The molecule has 1 rings (SSSR count). The van der Waals surface area contributed by atoms with E-state index in [2.05, 4.69) is 10.3 Å². The van der Waals surface area contributed by atoms with Gasteiger partial charge in [0.05, 0.1) is 13.7 Å². The van der Waals surface area contributed by atoms with Crippen molar-refractivity contribution < 1.29 is 19.3 Å². The summed E-state index contributed by atoms with van der Waals surface area (Å²) in [7, 11) is 1.30. The molecule has 0 radical (unpaired) electrons. The van der Waals surface area contributed by atoms with E-state index in [0.29, 0.717) is 0 Å². The average molecular weight is 189 g/mol. The molecule has 1 aliphatic rings. The van der Waals surface area contributed by atoms with Crippen LogP contribution < -0.4 is 11.2 Å². The van der Waals surface area contributed by atoms with Crippen molar-refractivity contribution in [1.29, 1.82) is 0 Å². The highest BCUT2D eigenvalue weighted by Crippen LogP contribution is 2.04. The third-order valence-corrected chi connectivity index (χ3v) is 1.48. The smallest absolute Gasteiger partial charge is 0.265 e. The molecule has 1 saturated heterocycles. The molecular formula is C6H11N3O4. The number of nitrogens with one attached hydrogen (secondary N) is 1. The van der Waals surface area contributed by atoms with Crippen molar-refractivity contribution in [2.75, 3.05) is 20.3 Å². The SMILES string of the molecule is CONC(=O)CN1OC[C@@H](N)C1=O.